The number of benzene rings is 4. The predicted molar refractivity (Wildman–Crippen MR) is 149 cm³/mol. The quantitative estimate of drug-likeness (QED) is 0.279. The van der Waals surface area contributed by atoms with Crippen LogP contribution in [0.15, 0.2) is 121 Å². The molecule has 6 rings (SSSR count). The number of fused-ring (bicyclic) bond motifs is 3. The third-order valence-corrected chi connectivity index (χ3v) is 8.09. The van der Waals surface area contributed by atoms with Crippen molar-refractivity contribution in [2.75, 3.05) is 0 Å². The van der Waals surface area contributed by atoms with E-state index in [9.17, 15) is 0 Å². The second-order valence-corrected chi connectivity index (χ2v) is 10.5. The van der Waals surface area contributed by atoms with E-state index >= 15 is 0 Å². The molecule has 1 aliphatic carbocycles. The molecule has 0 saturated carbocycles. The van der Waals surface area contributed by atoms with Crippen LogP contribution < -0.4 is 24.8 Å². The van der Waals surface area contributed by atoms with Crippen molar-refractivity contribution in [2.24, 2.45) is 0 Å². The van der Waals surface area contributed by atoms with Crippen LogP contribution >= 0.6 is 0 Å². The van der Waals surface area contributed by atoms with E-state index in [-0.39, 0.29) is 24.8 Å². The Hall–Kier alpha value is -2.44. The fraction of sp³-hybridized carbons (Fsp3) is 0.118. The summed E-state index contributed by atoms with van der Waals surface area (Å²) >= 11 is 1.46. The van der Waals surface area contributed by atoms with Gasteiger partial charge >= 0.3 is 99.2 Å². The first-order chi connectivity index (χ1) is 17.1. The molecule has 0 aliphatic heterocycles. The molecule has 37 heavy (non-hydrogen) atoms. The van der Waals surface area contributed by atoms with Crippen LogP contribution in [0.1, 0.15) is 48.4 Å². The van der Waals surface area contributed by atoms with Gasteiger partial charge in [0, 0.05) is 0 Å². The molecule has 0 atom stereocenters. The van der Waals surface area contributed by atoms with Gasteiger partial charge in [0.1, 0.15) is 0 Å². The van der Waals surface area contributed by atoms with Gasteiger partial charge in [-0.15, -0.1) is 33.7 Å². The minimum atomic E-state index is 0. The third kappa shape index (κ3) is 6.35. The zero-order valence-electron chi connectivity index (χ0n) is 21.1. The van der Waals surface area contributed by atoms with Crippen LogP contribution in [0.25, 0.3) is 27.1 Å². The van der Waals surface area contributed by atoms with Gasteiger partial charge in [-0.1, -0.05) is 79.1 Å². The Bertz CT molecular complexity index is 1500. The summed E-state index contributed by atoms with van der Waals surface area (Å²) in [5.74, 6) is 0.545. The van der Waals surface area contributed by atoms with E-state index in [1.165, 1.54) is 76.8 Å². The summed E-state index contributed by atoms with van der Waals surface area (Å²) < 4.78 is 1.42. The molecule has 3 heteroatoms. The molecule has 0 amide bonds. The van der Waals surface area contributed by atoms with E-state index in [1.807, 2.05) is 0 Å². The van der Waals surface area contributed by atoms with Crippen LogP contribution in [-0.4, -0.2) is 3.21 Å². The molecule has 0 nitrogen and oxygen atoms in total. The van der Waals surface area contributed by atoms with E-state index < -0.39 is 0 Å². The van der Waals surface area contributed by atoms with Gasteiger partial charge in [0.05, 0.1) is 0 Å². The second-order valence-electron chi connectivity index (χ2n) is 9.31. The summed E-state index contributed by atoms with van der Waals surface area (Å²) in [6, 6.07) is 36.8. The van der Waals surface area contributed by atoms with E-state index in [2.05, 4.69) is 135 Å². The predicted octanol–water partition coefficient (Wildman–Crippen LogP) is 2.99. The van der Waals surface area contributed by atoms with Crippen LogP contribution in [0.5, 0.6) is 0 Å². The summed E-state index contributed by atoms with van der Waals surface area (Å²) in [5, 5.41) is 5.52. The second kappa shape index (κ2) is 13.4. The first kappa shape index (κ1) is 29.1. The molecule has 0 bridgehead atoms. The Morgan fingerprint density at radius 2 is 1.32 bits per heavy atom. The molecule has 0 fully saturated rings. The number of hydrogen-bond donors (Lipinski definition) is 0. The topological polar surface area (TPSA) is 0 Å². The number of allylic oxidation sites excluding steroid dienone is 4. The van der Waals surface area contributed by atoms with Crippen molar-refractivity contribution in [3.63, 3.8) is 0 Å². The van der Waals surface area contributed by atoms with Crippen molar-refractivity contribution < 1.29 is 49.0 Å². The zero-order chi connectivity index (χ0) is 24.2. The summed E-state index contributed by atoms with van der Waals surface area (Å²) in [6.07, 6.45) is 7.76. The van der Waals surface area contributed by atoms with Crippen LogP contribution in [0.2, 0.25) is 0 Å². The Balaban J connectivity index is 0.000000210. The summed E-state index contributed by atoms with van der Waals surface area (Å²) in [5.41, 5.74) is 7.05. The Labute approximate surface area is 247 Å². The SMILES string of the molecule is CC(C)c1ccc2c([cH-]c3ccccc32)c1C1=CC=CC1.[Cl-].[Cl-].[Zr+2]=[C](c1ccccc1)c1ccccc1. The normalized spacial score (nSPS) is 12.0. The van der Waals surface area contributed by atoms with Crippen LogP contribution in [0.3, 0.4) is 0 Å². The fourth-order valence-electron chi connectivity index (χ4n) is 4.89. The van der Waals surface area contributed by atoms with Crippen LogP contribution in [-0.2, 0) is 24.2 Å². The molecule has 0 N–H and O–H groups in total. The van der Waals surface area contributed by atoms with Crippen LogP contribution in [0.4, 0.5) is 0 Å². The molecule has 0 radical (unpaired) electrons. The van der Waals surface area contributed by atoms with Crippen molar-refractivity contribution in [2.45, 2.75) is 26.2 Å². The van der Waals surface area contributed by atoms with E-state index in [1.54, 1.807) is 0 Å². The van der Waals surface area contributed by atoms with Gasteiger partial charge in [-0.25, -0.2) is 0 Å². The number of rotatable bonds is 4. The molecule has 184 valence electrons. The zero-order valence-corrected chi connectivity index (χ0v) is 25.1. The molecule has 0 spiro atoms. The molecule has 0 saturated heterocycles. The van der Waals surface area contributed by atoms with Gasteiger partial charge in [-0.05, 0) is 12.3 Å². The fourth-order valence-corrected chi connectivity index (χ4v) is 5.71. The molecule has 0 unspecified atom stereocenters. The van der Waals surface area contributed by atoms with Gasteiger partial charge < -0.3 is 24.8 Å². The van der Waals surface area contributed by atoms with Crippen molar-refractivity contribution >= 4 is 30.3 Å². The number of halogens is 2. The Kier molecular flexibility index (Phi) is 10.5. The Morgan fingerprint density at radius 1 is 0.730 bits per heavy atom. The van der Waals surface area contributed by atoms with E-state index in [0.29, 0.717) is 5.92 Å². The monoisotopic (exact) mass is 597 g/mol. The average Bonchev–Trinajstić information content (AvgIpc) is 3.57. The maximum absolute atomic E-state index is 2.37. The molecule has 1 aliphatic rings. The summed E-state index contributed by atoms with van der Waals surface area (Å²) in [6.45, 7) is 4.58. The molecular weight excluding hydrogens is 571 g/mol. The summed E-state index contributed by atoms with van der Waals surface area (Å²) in [4.78, 5) is 0. The van der Waals surface area contributed by atoms with Crippen molar-refractivity contribution in [1.29, 1.82) is 0 Å². The first-order valence-electron chi connectivity index (χ1n) is 12.3. The van der Waals surface area contributed by atoms with Gasteiger partial charge in [-0.2, -0.15) is 0 Å². The van der Waals surface area contributed by atoms with Gasteiger partial charge in [0.2, 0.25) is 0 Å². The molecule has 5 aromatic rings. The molecule has 0 heterocycles. The van der Waals surface area contributed by atoms with Crippen molar-refractivity contribution in [1.82, 2.24) is 0 Å². The third-order valence-electron chi connectivity index (χ3n) is 6.67. The molecule has 0 aromatic heterocycles. The number of hydrogen-bond acceptors (Lipinski definition) is 0. The first-order valence-corrected chi connectivity index (χ1v) is 13.5. The standard InChI is InChI=1S/C21H19.C13H10.2ClH.Zr/c1-14(2)17-11-12-19-18-10-6-5-9-16(18)13-20(19)21(17)15-7-3-4-8-15;1-3-7-12(8-4-1)11-13-9-5-2-6-10-13;;;/h3-7,9-14H,8H2,1-2H3;1-10H;2*1H;/q-1;;;;+2/p-2. The van der Waals surface area contributed by atoms with E-state index in [0.717, 1.165) is 6.42 Å². The van der Waals surface area contributed by atoms with Crippen molar-refractivity contribution in [3.05, 3.63) is 144 Å². The molecular formula is C34H29Cl2Zr-. The van der Waals surface area contributed by atoms with Gasteiger partial charge in [0.15, 0.2) is 0 Å². The van der Waals surface area contributed by atoms with Crippen LogP contribution in [0, 0.1) is 0 Å². The Morgan fingerprint density at radius 3 is 1.89 bits per heavy atom. The van der Waals surface area contributed by atoms with Gasteiger partial charge in [0.25, 0.3) is 0 Å². The van der Waals surface area contributed by atoms with Gasteiger partial charge in [-0.3, -0.25) is 0 Å². The minimum absolute atomic E-state index is 0. The van der Waals surface area contributed by atoms with E-state index in [4.69, 9.17) is 0 Å². The average molecular weight is 600 g/mol. The van der Waals surface area contributed by atoms with Crippen molar-refractivity contribution in [3.8, 4) is 0 Å². The summed E-state index contributed by atoms with van der Waals surface area (Å²) in [7, 11) is 0. The maximum atomic E-state index is 2.37. The molecule has 5 aromatic carbocycles.